The van der Waals surface area contributed by atoms with Gasteiger partial charge in [0.25, 0.3) is 0 Å². The first-order chi connectivity index (χ1) is 8.69. The van der Waals surface area contributed by atoms with Crippen molar-refractivity contribution in [2.75, 3.05) is 0 Å². The number of aromatic nitrogens is 2. The average molecular weight is 241 g/mol. The van der Waals surface area contributed by atoms with Crippen LogP contribution >= 0.6 is 0 Å². The Hall–Kier alpha value is -1.74. The quantitative estimate of drug-likeness (QED) is 0.895. The average Bonchev–Trinajstić information content (AvgIpc) is 2.39. The van der Waals surface area contributed by atoms with Gasteiger partial charge in [-0.1, -0.05) is 38.1 Å². The molecule has 0 saturated carbocycles. The molecule has 1 aromatic heterocycles. The summed E-state index contributed by atoms with van der Waals surface area (Å²) in [5, 5.41) is 0. The molecule has 0 saturated heterocycles. The van der Waals surface area contributed by atoms with Crippen molar-refractivity contribution < 1.29 is 0 Å². The Morgan fingerprint density at radius 2 is 1.83 bits per heavy atom. The fraction of sp³-hybridized carbons (Fsp3) is 0.333. The maximum atomic E-state index is 5.59. The molecule has 2 N–H and O–H groups in total. The normalized spacial score (nSPS) is 10.9. The maximum absolute atomic E-state index is 5.59. The lowest BCUT2D eigenvalue weighted by molar-refractivity contribution is 0.647. The van der Waals surface area contributed by atoms with Gasteiger partial charge in [-0.2, -0.15) is 0 Å². The van der Waals surface area contributed by atoms with Gasteiger partial charge in [0.2, 0.25) is 0 Å². The molecule has 3 heteroatoms. The number of hydrogen-bond donors (Lipinski definition) is 1. The topological polar surface area (TPSA) is 51.8 Å². The number of benzene rings is 1. The predicted octanol–water partition coefficient (Wildman–Crippen LogP) is 2.80. The zero-order chi connectivity index (χ0) is 13.0. The molecule has 0 bridgehead atoms. The summed E-state index contributed by atoms with van der Waals surface area (Å²) >= 11 is 0. The van der Waals surface area contributed by atoms with Gasteiger partial charge in [0.15, 0.2) is 0 Å². The van der Waals surface area contributed by atoms with E-state index in [4.69, 9.17) is 5.73 Å². The molecule has 2 rings (SSSR count). The first-order valence-electron chi connectivity index (χ1n) is 6.29. The Labute approximate surface area is 108 Å². The van der Waals surface area contributed by atoms with Crippen LogP contribution < -0.4 is 5.73 Å². The van der Waals surface area contributed by atoms with Gasteiger partial charge in [-0.25, -0.2) is 9.97 Å². The van der Waals surface area contributed by atoms with Crippen molar-refractivity contribution in [3.05, 3.63) is 47.9 Å². The van der Waals surface area contributed by atoms with Crippen LogP contribution in [-0.4, -0.2) is 9.97 Å². The maximum Gasteiger partial charge on any atom is 0.116 e. The van der Waals surface area contributed by atoms with E-state index in [1.165, 1.54) is 5.56 Å². The summed E-state index contributed by atoms with van der Waals surface area (Å²) in [6.07, 6.45) is 2.68. The zero-order valence-electron chi connectivity index (χ0n) is 10.9. The van der Waals surface area contributed by atoms with Gasteiger partial charge in [-0.15, -0.1) is 0 Å². The number of hydrogen-bond acceptors (Lipinski definition) is 3. The van der Waals surface area contributed by atoms with E-state index in [0.29, 0.717) is 12.5 Å². The molecule has 0 fully saturated rings. The summed E-state index contributed by atoms with van der Waals surface area (Å²) in [4.78, 5) is 8.39. The minimum absolute atomic E-state index is 0.445. The van der Waals surface area contributed by atoms with Gasteiger partial charge >= 0.3 is 0 Å². The second kappa shape index (κ2) is 5.74. The molecule has 0 radical (unpaired) electrons. The summed E-state index contributed by atoms with van der Waals surface area (Å²) in [5.74, 6) is 0.679. The fourth-order valence-electron chi connectivity index (χ4n) is 1.95. The van der Waals surface area contributed by atoms with Gasteiger partial charge in [0.1, 0.15) is 6.33 Å². The number of nitrogens with two attached hydrogens (primary N) is 1. The van der Waals surface area contributed by atoms with Crippen LogP contribution in [0, 0.1) is 5.92 Å². The van der Waals surface area contributed by atoms with Crippen LogP contribution in [0.3, 0.4) is 0 Å². The highest BCUT2D eigenvalue weighted by Gasteiger charge is 2.02. The first-order valence-corrected chi connectivity index (χ1v) is 6.29. The molecule has 94 valence electrons. The monoisotopic (exact) mass is 241 g/mol. The standard InChI is InChI=1S/C15H19N3/c1-11(2)7-12-3-5-13(6-4-12)15-8-14(9-16)17-10-18-15/h3-6,8,10-11H,7,9,16H2,1-2H3. The van der Waals surface area contributed by atoms with Gasteiger partial charge in [0.05, 0.1) is 11.4 Å². The van der Waals surface area contributed by atoms with E-state index in [0.717, 1.165) is 23.4 Å². The highest BCUT2D eigenvalue weighted by Crippen LogP contribution is 2.18. The van der Waals surface area contributed by atoms with Crippen LogP contribution in [0.25, 0.3) is 11.3 Å². The molecular formula is C15H19N3. The van der Waals surface area contributed by atoms with E-state index in [9.17, 15) is 0 Å². The molecule has 0 atom stereocenters. The van der Waals surface area contributed by atoms with Gasteiger partial charge in [-0.3, -0.25) is 0 Å². The largest absolute Gasteiger partial charge is 0.325 e. The van der Waals surface area contributed by atoms with Crippen molar-refractivity contribution in [3.8, 4) is 11.3 Å². The van der Waals surface area contributed by atoms with E-state index in [1.54, 1.807) is 6.33 Å². The molecule has 0 amide bonds. The van der Waals surface area contributed by atoms with E-state index in [2.05, 4.69) is 48.1 Å². The van der Waals surface area contributed by atoms with Crippen molar-refractivity contribution >= 4 is 0 Å². The molecular weight excluding hydrogens is 222 g/mol. The minimum atomic E-state index is 0.445. The molecule has 0 spiro atoms. The second-order valence-corrected chi connectivity index (χ2v) is 4.89. The van der Waals surface area contributed by atoms with Gasteiger partial charge in [-0.05, 0) is 24.0 Å². The predicted molar refractivity (Wildman–Crippen MR) is 73.9 cm³/mol. The summed E-state index contributed by atoms with van der Waals surface area (Å²) < 4.78 is 0. The number of nitrogens with zero attached hydrogens (tertiary/aromatic N) is 2. The third-order valence-electron chi connectivity index (χ3n) is 2.83. The molecule has 0 aliphatic carbocycles. The second-order valence-electron chi connectivity index (χ2n) is 4.89. The van der Waals surface area contributed by atoms with Crippen molar-refractivity contribution in [1.82, 2.24) is 9.97 Å². The Kier molecular flexibility index (Phi) is 4.05. The van der Waals surface area contributed by atoms with Crippen molar-refractivity contribution in [2.24, 2.45) is 11.7 Å². The van der Waals surface area contributed by atoms with E-state index in [1.807, 2.05) is 6.07 Å². The number of rotatable bonds is 4. The third kappa shape index (κ3) is 3.14. The third-order valence-corrected chi connectivity index (χ3v) is 2.83. The lowest BCUT2D eigenvalue weighted by Gasteiger charge is -2.06. The Morgan fingerprint density at radius 1 is 1.11 bits per heavy atom. The zero-order valence-corrected chi connectivity index (χ0v) is 10.9. The van der Waals surface area contributed by atoms with Gasteiger partial charge in [0, 0.05) is 12.1 Å². The van der Waals surface area contributed by atoms with Crippen LogP contribution in [0.2, 0.25) is 0 Å². The van der Waals surface area contributed by atoms with Crippen molar-refractivity contribution in [1.29, 1.82) is 0 Å². The Bertz CT molecular complexity index is 503. The summed E-state index contributed by atoms with van der Waals surface area (Å²) in [7, 11) is 0. The SMILES string of the molecule is CC(C)Cc1ccc(-c2cc(CN)ncn2)cc1. The molecule has 0 aliphatic heterocycles. The lowest BCUT2D eigenvalue weighted by Crippen LogP contribution is -2.00. The molecule has 3 nitrogen and oxygen atoms in total. The van der Waals surface area contributed by atoms with E-state index in [-0.39, 0.29) is 0 Å². The van der Waals surface area contributed by atoms with Crippen molar-refractivity contribution in [3.63, 3.8) is 0 Å². The highest BCUT2D eigenvalue weighted by atomic mass is 14.8. The Morgan fingerprint density at radius 3 is 2.44 bits per heavy atom. The molecule has 18 heavy (non-hydrogen) atoms. The smallest absolute Gasteiger partial charge is 0.116 e. The van der Waals surface area contributed by atoms with Crippen LogP contribution in [-0.2, 0) is 13.0 Å². The van der Waals surface area contributed by atoms with E-state index >= 15 is 0 Å². The summed E-state index contributed by atoms with van der Waals surface area (Å²) in [6, 6.07) is 10.5. The highest BCUT2D eigenvalue weighted by molar-refractivity contribution is 5.59. The molecule has 0 aliphatic rings. The Balaban J connectivity index is 2.22. The van der Waals surface area contributed by atoms with Crippen molar-refractivity contribution in [2.45, 2.75) is 26.8 Å². The van der Waals surface area contributed by atoms with Crippen LogP contribution in [0.15, 0.2) is 36.7 Å². The van der Waals surface area contributed by atoms with Gasteiger partial charge < -0.3 is 5.73 Å². The fourth-order valence-corrected chi connectivity index (χ4v) is 1.95. The molecule has 1 heterocycles. The molecule has 2 aromatic rings. The minimum Gasteiger partial charge on any atom is -0.325 e. The van der Waals surface area contributed by atoms with Crippen LogP contribution in [0.4, 0.5) is 0 Å². The van der Waals surface area contributed by atoms with E-state index < -0.39 is 0 Å². The summed E-state index contributed by atoms with van der Waals surface area (Å²) in [6.45, 7) is 4.90. The molecule has 0 unspecified atom stereocenters. The lowest BCUT2D eigenvalue weighted by atomic mass is 10.0. The van der Waals surface area contributed by atoms with Crippen LogP contribution in [0.1, 0.15) is 25.1 Å². The summed E-state index contributed by atoms with van der Waals surface area (Å²) in [5.41, 5.74) is 9.86. The molecule has 1 aromatic carbocycles. The first kappa shape index (κ1) is 12.7. The van der Waals surface area contributed by atoms with Crippen LogP contribution in [0.5, 0.6) is 0 Å².